The third kappa shape index (κ3) is 4.00. The summed E-state index contributed by atoms with van der Waals surface area (Å²) in [5.74, 6) is -1.82. The van der Waals surface area contributed by atoms with E-state index in [1.807, 2.05) is 6.92 Å². The number of benzene rings is 2. The Hall–Kier alpha value is -3.19. The molecule has 150 valence electrons. The molecule has 0 bridgehead atoms. The number of halogens is 1. The zero-order valence-corrected chi connectivity index (χ0v) is 16.4. The normalized spacial score (nSPS) is 18.3. The number of aliphatic hydroxyl groups excluding tert-OH is 1. The molecule has 0 radical (unpaired) electrons. The van der Waals surface area contributed by atoms with Crippen LogP contribution >= 0.6 is 11.6 Å². The lowest BCUT2D eigenvalue weighted by atomic mass is 9.95. The maximum atomic E-state index is 12.8. The van der Waals surface area contributed by atoms with Gasteiger partial charge < -0.3 is 10.0 Å². The van der Waals surface area contributed by atoms with Crippen LogP contribution in [-0.4, -0.2) is 33.2 Å². The predicted octanol–water partition coefficient (Wildman–Crippen LogP) is 4.47. The van der Waals surface area contributed by atoms with Crippen LogP contribution in [0.15, 0.2) is 54.1 Å². The quantitative estimate of drug-likeness (QED) is 0.247. The molecule has 1 amide bonds. The van der Waals surface area contributed by atoms with Crippen LogP contribution in [0.5, 0.6) is 0 Å². The number of nitrogens with zero attached hydrogens (tertiary/aromatic N) is 2. The van der Waals surface area contributed by atoms with Gasteiger partial charge in [0.15, 0.2) is 0 Å². The maximum absolute atomic E-state index is 12.8. The molecule has 1 fully saturated rings. The van der Waals surface area contributed by atoms with Crippen molar-refractivity contribution in [3.63, 3.8) is 0 Å². The summed E-state index contributed by atoms with van der Waals surface area (Å²) in [7, 11) is 0. The molecule has 0 spiro atoms. The Kier molecular flexibility index (Phi) is 5.98. The number of likely N-dealkylation sites (tertiary alicyclic amines) is 1. The fraction of sp³-hybridized carbons (Fsp3) is 0.238. The number of aliphatic hydroxyl groups is 1. The SMILES string of the molecule is CCCCN1C(=O)C(=O)C(=C(O)c2ccc([N+](=O)[O-])cc2)C1c1ccc(Cl)cc1. The van der Waals surface area contributed by atoms with Crippen molar-refractivity contribution in [1.82, 2.24) is 4.90 Å². The number of hydrogen-bond acceptors (Lipinski definition) is 5. The summed E-state index contributed by atoms with van der Waals surface area (Å²) in [5, 5.41) is 22.2. The van der Waals surface area contributed by atoms with E-state index in [4.69, 9.17) is 11.6 Å². The molecule has 1 N–H and O–H groups in total. The van der Waals surface area contributed by atoms with E-state index in [-0.39, 0.29) is 22.6 Å². The van der Waals surface area contributed by atoms with Gasteiger partial charge in [-0.1, -0.05) is 37.1 Å². The molecule has 1 aliphatic rings. The van der Waals surface area contributed by atoms with E-state index in [9.17, 15) is 24.8 Å². The second-order valence-corrected chi connectivity index (χ2v) is 7.14. The smallest absolute Gasteiger partial charge is 0.295 e. The van der Waals surface area contributed by atoms with Crippen LogP contribution in [-0.2, 0) is 9.59 Å². The third-order valence-corrected chi connectivity index (χ3v) is 5.08. The van der Waals surface area contributed by atoms with E-state index in [1.165, 1.54) is 29.2 Å². The van der Waals surface area contributed by atoms with Gasteiger partial charge in [0.25, 0.3) is 17.4 Å². The lowest BCUT2D eigenvalue weighted by Gasteiger charge is -2.25. The van der Waals surface area contributed by atoms with Crippen molar-refractivity contribution in [3.8, 4) is 0 Å². The number of carbonyl (C=O) groups excluding carboxylic acids is 2. The number of rotatable bonds is 6. The minimum atomic E-state index is -0.781. The van der Waals surface area contributed by atoms with Crippen LogP contribution < -0.4 is 0 Å². The van der Waals surface area contributed by atoms with Crippen LogP contribution in [0.1, 0.15) is 36.9 Å². The van der Waals surface area contributed by atoms with Crippen LogP contribution in [0.3, 0.4) is 0 Å². The van der Waals surface area contributed by atoms with E-state index in [0.29, 0.717) is 23.6 Å². The van der Waals surface area contributed by atoms with Crippen LogP contribution in [0.25, 0.3) is 5.76 Å². The number of hydrogen-bond donors (Lipinski definition) is 1. The molecule has 0 saturated carbocycles. The van der Waals surface area contributed by atoms with Gasteiger partial charge in [-0.2, -0.15) is 0 Å². The standard InChI is InChI=1S/C21H19ClN2O5/c1-2-3-12-23-18(13-4-8-15(22)9-5-13)17(20(26)21(23)27)19(25)14-6-10-16(11-7-14)24(28)29/h4-11,18,25H,2-3,12H2,1H3. The first kappa shape index (κ1) is 20.5. The van der Waals surface area contributed by atoms with Gasteiger partial charge in [-0.15, -0.1) is 0 Å². The van der Waals surface area contributed by atoms with Crippen molar-refractivity contribution in [2.45, 2.75) is 25.8 Å². The minimum Gasteiger partial charge on any atom is -0.507 e. The van der Waals surface area contributed by atoms with Crippen LogP contribution in [0, 0.1) is 10.1 Å². The molecule has 0 aliphatic carbocycles. The average Bonchev–Trinajstić information content (AvgIpc) is 2.97. The van der Waals surface area contributed by atoms with Crippen LogP contribution in [0.2, 0.25) is 5.02 Å². The second-order valence-electron chi connectivity index (χ2n) is 6.70. The Morgan fingerprint density at radius 1 is 1.14 bits per heavy atom. The first-order chi connectivity index (χ1) is 13.8. The van der Waals surface area contributed by atoms with E-state index in [0.717, 1.165) is 6.42 Å². The maximum Gasteiger partial charge on any atom is 0.295 e. The molecule has 0 aromatic heterocycles. The van der Waals surface area contributed by atoms with Gasteiger partial charge >= 0.3 is 0 Å². The predicted molar refractivity (Wildman–Crippen MR) is 108 cm³/mol. The lowest BCUT2D eigenvalue weighted by molar-refractivity contribution is -0.384. The number of nitro groups is 1. The molecule has 7 nitrogen and oxygen atoms in total. The molecule has 2 aromatic rings. The highest BCUT2D eigenvalue weighted by molar-refractivity contribution is 6.46. The topological polar surface area (TPSA) is 101 Å². The summed E-state index contributed by atoms with van der Waals surface area (Å²) in [6.45, 7) is 2.34. The summed E-state index contributed by atoms with van der Waals surface area (Å²) >= 11 is 5.97. The van der Waals surface area contributed by atoms with Gasteiger partial charge in [-0.25, -0.2) is 0 Å². The fourth-order valence-corrected chi connectivity index (χ4v) is 3.45. The van der Waals surface area contributed by atoms with Crippen molar-refractivity contribution < 1.29 is 19.6 Å². The van der Waals surface area contributed by atoms with Crippen LogP contribution in [0.4, 0.5) is 5.69 Å². The monoisotopic (exact) mass is 414 g/mol. The lowest BCUT2D eigenvalue weighted by Crippen LogP contribution is -2.30. The number of non-ortho nitro benzene ring substituents is 1. The molecule has 1 aliphatic heterocycles. The highest BCUT2D eigenvalue weighted by Crippen LogP contribution is 2.39. The van der Waals surface area contributed by atoms with Gasteiger partial charge in [0, 0.05) is 29.3 Å². The van der Waals surface area contributed by atoms with Gasteiger partial charge in [0.05, 0.1) is 16.5 Å². The zero-order chi connectivity index (χ0) is 21.1. The summed E-state index contributed by atoms with van der Waals surface area (Å²) in [6.07, 6.45) is 1.54. The molecule has 1 unspecified atom stereocenters. The van der Waals surface area contributed by atoms with Crippen molar-refractivity contribution in [2.24, 2.45) is 0 Å². The Morgan fingerprint density at radius 2 is 1.76 bits per heavy atom. The number of unbranched alkanes of at least 4 members (excludes halogenated alkanes) is 1. The van der Waals surface area contributed by atoms with E-state index in [2.05, 4.69) is 0 Å². The second kappa shape index (κ2) is 8.45. The number of ketones is 1. The number of amides is 1. The average molecular weight is 415 g/mol. The summed E-state index contributed by atoms with van der Waals surface area (Å²) in [6, 6.07) is 11.2. The summed E-state index contributed by atoms with van der Waals surface area (Å²) in [5.41, 5.74) is 0.692. The van der Waals surface area contributed by atoms with E-state index < -0.39 is 22.7 Å². The molecular formula is C21H19ClN2O5. The Bertz CT molecular complexity index is 983. The van der Waals surface area contributed by atoms with Gasteiger partial charge in [-0.3, -0.25) is 19.7 Å². The zero-order valence-electron chi connectivity index (χ0n) is 15.7. The minimum absolute atomic E-state index is 0.0396. The number of nitro benzene ring substituents is 1. The van der Waals surface area contributed by atoms with E-state index >= 15 is 0 Å². The summed E-state index contributed by atoms with van der Waals surface area (Å²) < 4.78 is 0. The molecule has 8 heteroatoms. The Morgan fingerprint density at radius 3 is 2.31 bits per heavy atom. The molecule has 3 rings (SSSR count). The molecule has 1 heterocycles. The van der Waals surface area contributed by atoms with Crippen molar-refractivity contribution in [2.75, 3.05) is 6.54 Å². The molecule has 2 aromatic carbocycles. The molecular weight excluding hydrogens is 396 g/mol. The summed E-state index contributed by atoms with van der Waals surface area (Å²) in [4.78, 5) is 37.2. The Balaban J connectivity index is 2.12. The van der Waals surface area contributed by atoms with Gasteiger partial charge in [-0.05, 0) is 36.2 Å². The van der Waals surface area contributed by atoms with Crippen molar-refractivity contribution >= 4 is 34.7 Å². The van der Waals surface area contributed by atoms with Crippen molar-refractivity contribution in [3.05, 3.63) is 80.4 Å². The molecule has 1 saturated heterocycles. The first-order valence-electron chi connectivity index (χ1n) is 9.13. The van der Waals surface area contributed by atoms with Crippen molar-refractivity contribution in [1.29, 1.82) is 0 Å². The first-order valence-corrected chi connectivity index (χ1v) is 9.51. The number of carbonyl (C=O) groups is 2. The highest BCUT2D eigenvalue weighted by Gasteiger charge is 2.45. The Labute approximate surface area is 172 Å². The molecule has 1 atom stereocenters. The number of Topliss-reactive ketones (excluding diaryl/α,β-unsaturated/α-hetero) is 1. The third-order valence-electron chi connectivity index (χ3n) is 4.83. The van der Waals surface area contributed by atoms with Gasteiger partial charge in [0.2, 0.25) is 0 Å². The van der Waals surface area contributed by atoms with E-state index in [1.54, 1.807) is 24.3 Å². The largest absolute Gasteiger partial charge is 0.507 e. The highest BCUT2D eigenvalue weighted by atomic mass is 35.5. The molecule has 29 heavy (non-hydrogen) atoms. The van der Waals surface area contributed by atoms with Gasteiger partial charge in [0.1, 0.15) is 5.76 Å². The fourth-order valence-electron chi connectivity index (χ4n) is 3.33.